The van der Waals surface area contributed by atoms with E-state index in [1.807, 2.05) is 48.8 Å². The largest absolute Gasteiger partial charge is 0.395 e. The van der Waals surface area contributed by atoms with Crippen molar-refractivity contribution in [3.05, 3.63) is 89.3 Å². The van der Waals surface area contributed by atoms with E-state index in [1.165, 1.54) is 0 Å². The maximum absolute atomic E-state index is 12.7. The maximum Gasteiger partial charge on any atom is 0.247 e. The van der Waals surface area contributed by atoms with Crippen molar-refractivity contribution in [1.82, 2.24) is 15.2 Å². The van der Waals surface area contributed by atoms with Crippen LogP contribution in [0.15, 0.2) is 83.1 Å². The molecule has 6 heteroatoms. The summed E-state index contributed by atoms with van der Waals surface area (Å²) in [7, 11) is 2.10. The predicted molar refractivity (Wildman–Crippen MR) is 121 cm³/mol. The number of rotatable bonds is 6. The standard InChI is InChI=1S/C25H28N4O2/c1-17-20(9-6-10-21(17)25(31)27-15-16-30)22-23(18-11-13-26-14-12-18)29(2)24(28-22)19-7-4-3-5-8-19/h3-5,7-14,17,23-24,30H,6,15-16H2,1-2H3,(H,27,31). The number of carbonyl (C=O) groups is 1. The van der Waals surface area contributed by atoms with Gasteiger partial charge in [-0.2, -0.15) is 0 Å². The quantitative estimate of drug-likeness (QED) is 0.758. The lowest BCUT2D eigenvalue weighted by Gasteiger charge is -2.29. The van der Waals surface area contributed by atoms with Crippen LogP contribution in [0.4, 0.5) is 0 Å². The van der Waals surface area contributed by atoms with Gasteiger partial charge in [-0.25, -0.2) is 0 Å². The number of benzene rings is 1. The van der Waals surface area contributed by atoms with Crippen molar-refractivity contribution in [2.75, 3.05) is 20.2 Å². The average molecular weight is 417 g/mol. The van der Waals surface area contributed by atoms with Crippen molar-refractivity contribution >= 4 is 11.6 Å². The summed E-state index contributed by atoms with van der Waals surface area (Å²) in [5.74, 6) is -0.211. The van der Waals surface area contributed by atoms with Gasteiger partial charge in [-0.05, 0) is 42.3 Å². The summed E-state index contributed by atoms with van der Waals surface area (Å²) >= 11 is 0. The molecule has 0 spiro atoms. The highest BCUT2D eigenvalue weighted by atomic mass is 16.3. The van der Waals surface area contributed by atoms with Crippen LogP contribution >= 0.6 is 0 Å². The lowest BCUT2D eigenvalue weighted by molar-refractivity contribution is -0.118. The smallest absolute Gasteiger partial charge is 0.247 e. The molecule has 1 amide bonds. The minimum Gasteiger partial charge on any atom is -0.395 e. The van der Waals surface area contributed by atoms with Gasteiger partial charge in [0.2, 0.25) is 5.91 Å². The van der Waals surface area contributed by atoms with Crippen LogP contribution in [-0.4, -0.2) is 46.8 Å². The third-order valence-electron chi connectivity index (χ3n) is 6.00. The topological polar surface area (TPSA) is 77.8 Å². The molecule has 2 N–H and O–H groups in total. The van der Waals surface area contributed by atoms with Crippen LogP contribution in [-0.2, 0) is 4.79 Å². The molecule has 31 heavy (non-hydrogen) atoms. The molecule has 6 nitrogen and oxygen atoms in total. The van der Waals surface area contributed by atoms with E-state index < -0.39 is 0 Å². The number of aliphatic hydroxyl groups excluding tert-OH is 1. The van der Waals surface area contributed by atoms with E-state index >= 15 is 0 Å². The average Bonchev–Trinajstić information content (AvgIpc) is 3.15. The molecule has 0 bridgehead atoms. The zero-order valence-corrected chi connectivity index (χ0v) is 17.9. The normalized spacial score (nSPS) is 23.7. The molecular formula is C25H28N4O2. The number of aliphatic hydroxyl groups is 1. The van der Waals surface area contributed by atoms with E-state index in [2.05, 4.69) is 47.4 Å². The molecule has 1 aromatic carbocycles. The molecule has 1 aliphatic carbocycles. The van der Waals surface area contributed by atoms with Gasteiger partial charge in [0.1, 0.15) is 6.17 Å². The SMILES string of the molecule is CC1C(C(=O)NCCO)=CCC=C1C1=NC(c2ccccc2)N(C)C1c1ccncc1. The number of amides is 1. The van der Waals surface area contributed by atoms with Crippen molar-refractivity contribution in [1.29, 1.82) is 0 Å². The lowest BCUT2D eigenvalue weighted by atomic mass is 9.81. The number of allylic oxidation sites excluding steroid dienone is 2. The van der Waals surface area contributed by atoms with Crippen LogP contribution in [0, 0.1) is 5.92 Å². The van der Waals surface area contributed by atoms with Gasteiger partial charge in [-0.15, -0.1) is 0 Å². The molecule has 4 rings (SSSR count). The summed E-state index contributed by atoms with van der Waals surface area (Å²) in [5, 5.41) is 11.8. The molecule has 2 aliphatic rings. The Kier molecular flexibility index (Phi) is 6.39. The first-order valence-corrected chi connectivity index (χ1v) is 10.7. The minimum atomic E-state index is -0.126. The molecule has 2 aromatic rings. The van der Waals surface area contributed by atoms with Crippen molar-refractivity contribution in [2.24, 2.45) is 10.9 Å². The van der Waals surface area contributed by atoms with E-state index in [4.69, 9.17) is 10.1 Å². The van der Waals surface area contributed by atoms with Crippen molar-refractivity contribution in [3.8, 4) is 0 Å². The van der Waals surface area contributed by atoms with Gasteiger partial charge in [0.15, 0.2) is 0 Å². The van der Waals surface area contributed by atoms with Crippen LogP contribution in [0.25, 0.3) is 0 Å². The van der Waals surface area contributed by atoms with Gasteiger partial charge < -0.3 is 10.4 Å². The number of hydrogen-bond donors (Lipinski definition) is 2. The number of hydrogen-bond acceptors (Lipinski definition) is 5. The zero-order valence-electron chi connectivity index (χ0n) is 17.9. The van der Waals surface area contributed by atoms with E-state index in [-0.39, 0.29) is 37.2 Å². The Labute approximate surface area is 183 Å². The first kappa shape index (κ1) is 21.2. The van der Waals surface area contributed by atoms with Gasteiger partial charge in [0.25, 0.3) is 0 Å². The van der Waals surface area contributed by atoms with E-state index in [0.717, 1.165) is 28.0 Å². The summed E-state index contributed by atoms with van der Waals surface area (Å²) in [6.45, 7) is 2.23. The van der Waals surface area contributed by atoms with Gasteiger partial charge >= 0.3 is 0 Å². The van der Waals surface area contributed by atoms with Gasteiger partial charge in [-0.1, -0.05) is 49.4 Å². The Balaban J connectivity index is 1.71. The highest BCUT2D eigenvalue weighted by molar-refractivity contribution is 6.08. The molecule has 3 atom stereocenters. The summed E-state index contributed by atoms with van der Waals surface area (Å²) < 4.78 is 0. The van der Waals surface area contributed by atoms with Gasteiger partial charge in [0.05, 0.1) is 18.4 Å². The first-order chi connectivity index (χ1) is 15.1. The Morgan fingerprint density at radius 1 is 1.13 bits per heavy atom. The lowest BCUT2D eigenvalue weighted by Crippen LogP contribution is -2.33. The number of pyridine rings is 1. The zero-order chi connectivity index (χ0) is 21.8. The number of carbonyl (C=O) groups excluding carboxylic acids is 1. The van der Waals surface area contributed by atoms with Crippen molar-refractivity contribution in [2.45, 2.75) is 25.6 Å². The second kappa shape index (κ2) is 9.37. The van der Waals surface area contributed by atoms with Crippen LogP contribution in [0.5, 0.6) is 0 Å². The molecule has 0 saturated heterocycles. The van der Waals surface area contributed by atoms with Crippen LogP contribution in [0.3, 0.4) is 0 Å². The van der Waals surface area contributed by atoms with Crippen LogP contribution < -0.4 is 5.32 Å². The molecule has 0 saturated carbocycles. The third-order valence-corrected chi connectivity index (χ3v) is 6.00. The highest BCUT2D eigenvalue weighted by Crippen LogP contribution is 2.42. The Hall–Kier alpha value is -3.09. The summed E-state index contributed by atoms with van der Waals surface area (Å²) in [4.78, 5) is 24.3. The Bertz CT molecular complexity index is 1010. The number of aliphatic imine (C=N–C) groups is 1. The Morgan fingerprint density at radius 3 is 2.58 bits per heavy atom. The van der Waals surface area contributed by atoms with E-state index in [1.54, 1.807) is 0 Å². The van der Waals surface area contributed by atoms with Crippen molar-refractivity contribution < 1.29 is 9.90 Å². The molecule has 1 aromatic heterocycles. The molecule has 0 fully saturated rings. The third kappa shape index (κ3) is 4.22. The fourth-order valence-corrected chi connectivity index (χ4v) is 4.45. The summed E-state index contributed by atoms with van der Waals surface area (Å²) in [6, 6.07) is 14.3. The maximum atomic E-state index is 12.7. The minimum absolute atomic E-state index is 0.0261. The first-order valence-electron chi connectivity index (χ1n) is 10.7. The number of nitrogens with zero attached hydrogens (tertiary/aromatic N) is 3. The fourth-order valence-electron chi connectivity index (χ4n) is 4.45. The molecular weight excluding hydrogens is 388 g/mol. The fraction of sp³-hybridized carbons (Fsp3) is 0.320. The number of nitrogens with one attached hydrogen (secondary N) is 1. The second-order valence-corrected chi connectivity index (χ2v) is 7.90. The van der Waals surface area contributed by atoms with Crippen LogP contribution in [0.2, 0.25) is 0 Å². The molecule has 160 valence electrons. The molecule has 3 unspecified atom stereocenters. The van der Waals surface area contributed by atoms with E-state index in [9.17, 15) is 4.79 Å². The monoisotopic (exact) mass is 416 g/mol. The highest BCUT2D eigenvalue weighted by Gasteiger charge is 2.39. The van der Waals surface area contributed by atoms with Gasteiger partial charge in [-0.3, -0.25) is 19.7 Å². The molecule has 0 radical (unpaired) electrons. The van der Waals surface area contributed by atoms with Gasteiger partial charge in [0, 0.05) is 30.4 Å². The van der Waals surface area contributed by atoms with E-state index in [0.29, 0.717) is 6.42 Å². The molecule has 1 aliphatic heterocycles. The number of aromatic nitrogens is 1. The Morgan fingerprint density at radius 2 is 1.87 bits per heavy atom. The molecule has 2 heterocycles. The summed E-state index contributed by atoms with van der Waals surface area (Å²) in [5.41, 5.74) is 5.08. The summed E-state index contributed by atoms with van der Waals surface area (Å²) in [6.07, 6.45) is 8.35. The second-order valence-electron chi connectivity index (χ2n) is 7.90. The van der Waals surface area contributed by atoms with Crippen LogP contribution in [0.1, 0.15) is 36.7 Å². The predicted octanol–water partition coefficient (Wildman–Crippen LogP) is 3.21. The van der Waals surface area contributed by atoms with Crippen molar-refractivity contribution in [3.63, 3.8) is 0 Å².